The molecule has 1 aromatic rings. The van der Waals surface area contributed by atoms with Crippen LogP contribution in [0.4, 0.5) is 0 Å². The Morgan fingerprint density at radius 1 is 1.71 bits per heavy atom. The van der Waals surface area contributed by atoms with Crippen molar-refractivity contribution in [2.45, 2.75) is 6.54 Å². The molecule has 7 nitrogen and oxygen atoms in total. The fourth-order valence-electron chi connectivity index (χ4n) is 0.798. The number of aromatic nitrogens is 3. The molecular weight excluding hydrogens is 186 g/mol. The molecular formula is C7H13N5O2. The number of nitrogens with one attached hydrogen (secondary N) is 2. The van der Waals surface area contributed by atoms with Gasteiger partial charge in [-0.25, -0.2) is 4.98 Å². The highest BCUT2D eigenvalue weighted by Gasteiger charge is 2.01. The third kappa shape index (κ3) is 3.97. The van der Waals surface area contributed by atoms with Crippen LogP contribution in [0, 0.1) is 0 Å². The second kappa shape index (κ2) is 6.06. The zero-order valence-electron chi connectivity index (χ0n) is 7.69. The van der Waals surface area contributed by atoms with Crippen molar-refractivity contribution in [2.24, 2.45) is 5.73 Å². The van der Waals surface area contributed by atoms with E-state index in [1.807, 2.05) is 0 Å². The number of hydrogen-bond acceptors (Lipinski definition) is 5. The van der Waals surface area contributed by atoms with Gasteiger partial charge >= 0.3 is 0 Å². The zero-order valence-corrected chi connectivity index (χ0v) is 7.69. The van der Waals surface area contributed by atoms with Gasteiger partial charge in [-0.1, -0.05) is 0 Å². The first-order valence-corrected chi connectivity index (χ1v) is 4.21. The molecule has 0 aliphatic rings. The number of ether oxygens (including phenoxy) is 1. The van der Waals surface area contributed by atoms with Crippen LogP contribution in [0.25, 0.3) is 0 Å². The van der Waals surface area contributed by atoms with Crippen molar-refractivity contribution in [3.8, 4) is 0 Å². The van der Waals surface area contributed by atoms with Gasteiger partial charge < -0.3 is 15.8 Å². The number of amides is 1. The number of carbonyl (C=O) groups excluding carboxylic acids is 1. The Hall–Kier alpha value is -1.47. The van der Waals surface area contributed by atoms with E-state index in [0.29, 0.717) is 25.5 Å². The molecule has 0 aliphatic heterocycles. The Kier molecular flexibility index (Phi) is 4.59. The van der Waals surface area contributed by atoms with E-state index in [-0.39, 0.29) is 12.5 Å². The minimum absolute atomic E-state index is 0.0192. The maximum atomic E-state index is 11.1. The Labute approximate surface area is 81.0 Å². The van der Waals surface area contributed by atoms with Gasteiger partial charge in [0.05, 0.1) is 13.2 Å². The first-order chi connectivity index (χ1) is 6.83. The number of nitrogens with zero attached hydrogens (tertiary/aromatic N) is 2. The maximum absolute atomic E-state index is 11.1. The Morgan fingerprint density at radius 2 is 2.57 bits per heavy atom. The van der Waals surface area contributed by atoms with Crippen molar-refractivity contribution in [1.82, 2.24) is 20.5 Å². The van der Waals surface area contributed by atoms with Crippen molar-refractivity contribution in [3.63, 3.8) is 0 Å². The molecule has 7 heteroatoms. The molecule has 1 aromatic heterocycles. The quantitative estimate of drug-likeness (QED) is 0.478. The van der Waals surface area contributed by atoms with E-state index >= 15 is 0 Å². The van der Waals surface area contributed by atoms with Gasteiger partial charge in [0.1, 0.15) is 18.8 Å². The lowest BCUT2D eigenvalue weighted by atomic mass is 10.5. The molecule has 1 rings (SSSR count). The van der Waals surface area contributed by atoms with Gasteiger partial charge in [-0.15, -0.1) is 0 Å². The van der Waals surface area contributed by atoms with Crippen LogP contribution in [-0.2, 0) is 16.1 Å². The molecule has 0 bridgehead atoms. The average molecular weight is 199 g/mol. The average Bonchev–Trinajstić information content (AvgIpc) is 2.68. The van der Waals surface area contributed by atoms with Gasteiger partial charge in [-0.2, -0.15) is 5.10 Å². The smallest absolute Gasteiger partial charge is 0.246 e. The first kappa shape index (κ1) is 10.6. The van der Waals surface area contributed by atoms with Crippen LogP contribution in [0.5, 0.6) is 0 Å². The third-order valence-corrected chi connectivity index (χ3v) is 1.41. The van der Waals surface area contributed by atoms with E-state index in [1.54, 1.807) is 0 Å². The molecule has 0 fully saturated rings. The van der Waals surface area contributed by atoms with Crippen LogP contribution in [0.15, 0.2) is 6.33 Å². The number of carbonyl (C=O) groups is 1. The number of H-pyrrole nitrogens is 1. The number of nitrogens with two attached hydrogens (primary N) is 1. The van der Waals surface area contributed by atoms with E-state index < -0.39 is 0 Å². The molecule has 78 valence electrons. The van der Waals surface area contributed by atoms with Crippen molar-refractivity contribution in [3.05, 3.63) is 12.2 Å². The molecule has 0 atom stereocenters. The number of hydrogen-bond donors (Lipinski definition) is 3. The molecule has 1 amide bonds. The number of rotatable bonds is 6. The highest BCUT2D eigenvalue weighted by atomic mass is 16.5. The Morgan fingerprint density at radius 3 is 3.21 bits per heavy atom. The maximum Gasteiger partial charge on any atom is 0.246 e. The summed E-state index contributed by atoms with van der Waals surface area (Å²) in [5.74, 6) is 0.409. The molecule has 0 aromatic carbocycles. The largest absolute Gasteiger partial charge is 0.370 e. The summed E-state index contributed by atoms with van der Waals surface area (Å²) in [6.45, 7) is 1.14. The summed E-state index contributed by atoms with van der Waals surface area (Å²) < 4.78 is 4.93. The van der Waals surface area contributed by atoms with Gasteiger partial charge in [0.15, 0.2) is 0 Å². The van der Waals surface area contributed by atoms with Crippen molar-refractivity contribution in [1.29, 1.82) is 0 Å². The summed E-state index contributed by atoms with van der Waals surface area (Å²) in [6, 6.07) is 0. The Balaban J connectivity index is 2.09. The van der Waals surface area contributed by atoms with E-state index in [1.165, 1.54) is 6.33 Å². The summed E-state index contributed by atoms with van der Waals surface area (Å²) >= 11 is 0. The fraction of sp³-hybridized carbons (Fsp3) is 0.571. The van der Waals surface area contributed by atoms with Gasteiger partial charge in [0, 0.05) is 6.54 Å². The molecule has 0 spiro atoms. The second-order valence-corrected chi connectivity index (χ2v) is 2.55. The van der Waals surface area contributed by atoms with Crippen LogP contribution >= 0.6 is 0 Å². The lowest BCUT2D eigenvalue weighted by Crippen LogP contribution is -2.28. The number of aromatic amines is 1. The minimum atomic E-state index is -0.199. The molecule has 0 saturated heterocycles. The van der Waals surface area contributed by atoms with Gasteiger partial charge in [0.2, 0.25) is 5.91 Å². The second-order valence-electron chi connectivity index (χ2n) is 2.55. The SMILES string of the molecule is NCCOCC(=O)NCc1ncn[nH]1. The predicted molar refractivity (Wildman–Crippen MR) is 48.1 cm³/mol. The van der Waals surface area contributed by atoms with Crippen LogP contribution in [0.2, 0.25) is 0 Å². The van der Waals surface area contributed by atoms with Gasteiger partial charge in [-0.05, 0) is 0 Å². The monoisotopic (exact) mass is 199 g/mol. The minimum Gasteiger partial charge on any atom is -0.370 e. The van der Waals surface area contributed by atoms with Crippen LogP contribution in [-0.4, -0.2) is 40.8 Å². The van der Waals surface area contributed by atoms with Gasteiger partial charge in [-0.3, -0.25) is 9.89 Å². The Bertz CT molecular complexity index is 261. The summed E-state index contributed by atoms with van der Waals surface area (Å²) in [5, 5.41) is 8.87. The summed E-state index contributed by atoms with van der Waals surface area (Å²) in [6.07, 6.45) is 1.38. The lowest BCUT2D eigenvalue weighted by Gasteiger charge is -2.03. The molecule has 0 saturated carbocycles. The summed E-state index contributed by atoms with van der Waals surface area (Å²) in [4.78, 5) is 14.9. The normalized spacial score (nSPS) is 10.1. The first-order valence-electron chi connectivity index (χ1n) is 4.21. The lowest BCUT2D eigenvalue weighted by molar-refractivity contribution is -0.125. The topological polar surface area (TPSA) is 106 Å². The van der Waals surface area contributed by atoms with E-state index in [4.69, 9.17) is 10.5 Å². The van der Waals surface area contributed by atoms with Crippen molar-refractivity contribution < 1.29 is 9.53 Å². The van der Waals surface area contributed by atoms with E-state index in [2.05, 4.69) is 20.5 Å². The molecule has 14 heavy (non-hydrogen) atoms. The molecule has 0 radical (unpaired) electrons. The zero-order chi connectivity index (χ0) is 10.2. The molecule has 0 aliphatic carbocycles. The molecule has 0 unspecified atom stereocenters. The summed E-state index contributed by atoms with van der Waals surface area (Å²) in [5.41, 5.74) is 5.19. The highest BCUT2D eigenvalue weighted by Crippen LogP contribution is 1.83. The van der Waals surface area contributed by atoms with Crippen molar-refractivity contribution in [2.75, 3.05) is 19.8 Å². The third-order valence-electron chi connectivity index (χ3n) is 1.41. The van der Waals surface area contributed by atoms with E-state index in [0.717, 1.165) is 0 Å². The van der Waals surface area contributed by atoms with Crippen LogP contribution in [0.1, 0.15) is 5.82 Å². The van der Waals surface area contributed by atoms with Crippen molar-refractivity contribution >= 4 is 5.91 Å². The fourth-order valence-corrected chi connectivity index (χ4v) is 0.798. The van der Waals surface area contributed by atoms with Crippen LogP contribution in [0.3, 0.4) is 0 Å². The van der Waals surface area contributed by atoms with E-state index in [9.17, 15) is 4.79 Å². The predicted octanol–water partition coefficient (Wildman–Crippen LogP) is -1.60. The standard InChI is InChI=1S/C7H13N5O2/c8-1-2-14-4-7(13)9-3-6-10-5-11-12-6/h5H,1-4,8H2,(H,9,13)(H,10,11,12). The highest BCUT2D eigenvalue weighted by molar-refractivity contribution is 5.77. The summed E-state index contributed by atoms with van der Waals surface area (Å²) in [7, 11) is 0. The molecule has 1 heterocycles. The van der Waals surface area contributed by atoms with Gasteiger partial charge in [0.25, 0.3) is 0 Å². The molecule has 4 N–H and O–H groups in total. The van der Waals surface area contributed by atoms with Crippen LogP contribution < -0.4 is 11.1 Å².